The summed E-state index contributed by atoms with van der Waals surface area (Å²) < 4.78 is 0. The molecular weight excluding hydrogens is 136 g/mol. The van der Waals surface area contributed by atoms with Crippen LogP contribution >= 0.6 is 0 Å². The van der Waals surface area contributed by atoms with Gasteiger partial charge in [0.05, 0.1) is 0 Å². The van der Waals surface area contributed by atoms with Gasteiger partial charge in [0, 0.05) is 24.7 Å². The van der Waals surface area contributed by atoms with Crippen LogP contribution in [0, 0.1) is 11.8 Å². The zero-order valence-corrected chi connectivity index (χ0v) is 7.67. The smallest absolute Gasteiger partial charge is 0.0127 e. The molecule has 2 heteroatoms. The van der Waals surface area contributed by atoms with Crippen molar-refractivity contribution in [2.24, 2.45) is 17.6 Å². The zero-order valence-electron chi connectivity index (χ0n) is 7.67. The first-order chi connectivity index (χ1) is 5.00. The maximum absolute atomic E-state index is 5.85. The molecule has 11 heavy (non-hydrogen) atoms. The third-order valence-corrected chi connectivity index (χ3v) is 3.21. The number of fused-ring (bicyclic) bond motifs is 1. The van der Waals surface area contributed by atoms with Gasteiger partial charge in [-0.2, -0.15) is 0 Å². The van der Waals surface area contributed by atoms with Crippen LogP contribution in [-0.2, 0) is 0 Å². The molecule has 1 saturated carbocycles. The van der Waals surface area contributed by atoms with Crippen LogP contribution in [-0.4, -0.2) is 29.6 Å². The predicted octanol–water partition coefficient (Wildman–Crippen LogP) is 0.674. The highest BCUT2D eigenvalue weighted by molar-refractivity contribution is 5.10. The fraction of sp³-hybridized carbons (Fsp3) is 1.00. The normalized spacial score (nSPS) is 44.2. The summed E-state index contributed by atoms with van der Waals surface area (Å²) in [5.41, 5.74) is 6.20. The van der Waals surface area contributed by atoms with Gasteiger partial charge in [-0.1, -0.05) is 0 Å². The molecule has 3 atom stereocenters. The van der Waals surface area contributed by atoms with Crippen molar-refractivity contribution in [2.45, 2.75) is 32.4 Å². The molecule has 0 unspecified atom stereocenters. The second-order valence-corrected chi connectivity index (χ2v) is 4.98. The van der Waals surface area contributed by atoms with Crippen molar-refractivity contribution in [1.29, 1.82) is 0 Å². The van der Waals surface area contributed by atoms with Gasteiger partial charge < -0.3 is 5.73 Å². The topological polar surface area (TPSA) is 29.3 Å². The van der Waals surface area contributed by atoms with Gasteiger partial charge in [0.15, 0.2) is 0 Å². The maximum Gasteiger partial charge on any atom is 0.0127 e. The predicted molar refractivity (Wildman–Crippen MR) is 46.3 cm³/mol. The number of nitrogens with two attached hydrogens (primary N) is 1. The maximum atomic E-state index is 5.85. The average molecular weight is 154 g/mol. The molecule has 2 rings (SSSR count). The van der Waals surface area contributed by atoms with Gasteiger partial charge in [0.1, 0.15) is 0 Å². The Morgan fingerprint density at radius 3 is 2.00 bits per heavy atom. The molecule has 2 nitrogen and oxygen atoms in total. The Balaban J connectivity index is 1.95. The molecular formula is C9H18N2. The van der Waals surface area contributed by atoms with Crippen LogP contribution < -0.4 is 5.73 Å². The number of hydrogen-bond acceptors (Lipinski definition) is 2. The summed E-state index contributed by atoms with van der Waals surface area (Å²) in [6.45, 7) is 9.31. The standard InChI is InChI=1S/C9H18N2/c1-9(2,3)11-4-6-7(5-11)8(6)10/h6-8H,4-5,10H2,1-3H3/t6-,7+,8+. The van der Waals surface area contributed by atoms with Gasteiger partial charge in [0.2, 0.25) is 0 Å². The van der Waals surface area contributed by atoms with E-state index in [1.54, 1.807) is 0 Å². The van der Waals surface area contributed by atoms with Crippen LogP contribution in [0.25, 0.3) is 0 Å². The van der Waals surface area contributed by atoms with Crippen LogP contribution in [0.3, 0.4) is 0 Å². The quantitative estimate of drug-likeness (QED) is 0.556. The van der Waals surface area contributed by atoms with Crippen molar-refractivity contribution in [2.75, 3.05) is 13.1 Å². The molecule has 2 N–H and O–H groups in total. The Labute approximate surface area is 68.7 Å². The molecule has 0 aromatic rings. The summed E-state index contributed by atoms with van der Waals surface area (Å²) in [6, 6.07) is 0.536. The van der Waals surface area contributed by atoms with Crippen LogP contribution in [0.5, 0.6) is 0 Å². The lowest BCUT2D eigenvalue weighted by Gasteiger charge is -2.33. The minimum atomic E-state index is 0.354. The molecule has 2 aliphatic rings. The number of likely N-dealkylation sites (tertiary alicyclic amines) is 1. The summed E-state index contributed by atoms with van der Waals surface area (Å²) in [4.78, 5) is 2.55. The minimum Gasteiger partial charge on any atom is -0.327 e. The van der Waals surface area contributed by atoms with E-state index in [0.717, 1.165) is 11.8 Å². The highest BCUT2D eigenvalue weighted by Crippen LogP contribution is 2.45. The molecule has 0 amide bonds. The van der Waals surface area contributed by atoms with Crippen molar-refractivity contribution in [1.82, 2.24) is 4.90 Å². The third-order valence-electron chi connectivity index (χ3n) is 3.21. The van der Waals surface area contributed by atoms with Gasteiger partial charge in [-0.15, -0.1) is 0 Å². The van der Waals surface area contributed by atoms with E-state index in [4.69, 9.17) is 5.73 Å². The van der Waals surface area contributed by atoms with Crippen molar-refractivity contribution in [3.05, 3.63) is 0 Å². The molecule has 0 aromatic carbocycles. The van der Waals surface area contributed by atoms with Gasteiger partial charge in [-0.05, 0) is 32.6 Å². The monoisotopic (exact) mass is 154 g/mol. The van der Waals surface area contributed by atoms with E-state index in [1.807, 2.05) is 0 Å². The first kappa shape index (κ1) is 7.56. The molecule has 0 aromatic heterocycles. The van der Waals surface area contributed by atoms with Crippen LogP contribution in [0.1, 0.15) is 20.8 Å². The number of piperidine rings is 1. The van der Waals surface area contributed by atoms with Crippen molar-refractivity contribution in [3.63, 3.8) is 0 Å². The Kier molecular flexibility index (Phi) is 1.37. The zero-order chi connectivity index (χ0) is 8.22. The fourth-order valence-corrected chi connectivity index (χ4v) is 2.12. The number of rotatable bonds is 0. The minimum absolute atomic E-state index is 0.354. The third kappa shape index (κ3) is 1.09. The summed E-state index contributed by atoms with van der Waals surface area (Å²) >= 11 is 0. The molecule has 0 bridgehead atoms. The number of nitrogens with zero attached hydrogens (tertiary/aromatic N) is 1. The molecule has 0 radical (unpaired) electrons. The molecule has 1 aliphatic carbocycles. The molecule has 1 saturated heterocycles. The SMILES string of the molecule is CC(C)(C)N1C[C@@H]2[C@@H](N)[C@@H]2C1. The van der Waals surface area contributed by atoms with Gasteiger partial charge in [0.25, 0.3) is 0 Å². The molecule has 2 fully saturated rings. The van der Waals surface area contributed by atoms with Crippen molar-refractivity contribution >= 4 is 0 Å². The Morgan fingerprint density at radius 1 is 1.18 bits per heavy atom. The highest BCUT2D eigenvalue weighted by atomic mass is 15.2. The van der Waals surface area contributed by atoms with E-state index in [-0.39, 0.29) is 0 Å². The van der Waals surface area contributed by atoms with E-state index in [1.165, 1.54) is 13.1 Å². The van der Waals surface area contributed by atoms with Crippen molar-refractivity contribution in [3.8, 4) is 0 Å². The Hall–Kier alpha value is -0.0800. The largest absolute Gasteiger partial charge is 0.327 e. The molecule has 0 spiro atoms. The summed E-state index contributed by atoms with van der Waals surface area (Å²) in [7, 11) is 0. The van der Waals surface area contributed by atoms with E-state index >= 15 is 0 Å². The number of hydrogen-bond donors (Lipinski definition) is 1. The molecule has 64 valence electrons. The van der Waals surface area contributed by atoms with E-state index in [0.29, 0.717) is 11.6 Å². The Bertz CT molecular complexity index is 159. The molecule has 1 aliphatic heterocycles. The van der Waals surface area contributed by atoms with E-state index < -0.39 is 0 Å². The first-order valence-corrected chi connectivity index (χ1v) is 4.51. The summed E-state index contributed by atoms with van der Waals surface area (Å²) in [5, 5.41) is 0. The fourth-order valence-electron chi connectivity index (χ4n) is 2.12. The van der Waals surface area contributed by atoms with Gasteiger partial charge in [-0.25, -0.2) is 0 Å². The van der Waals surface area contributed by atoms with Gasteiger partial charge >= 0.3 is 0 Å². The summed E-state index contributed by atoms with van der Waals surface area (Å²) in [5.74, 6) is 1.66. The van der Waals surface area contributed by atoms with E-state index in [2.05, 4.69) is 25.7 Å². The average Bonchev–Trinajstić information content (AvgIpc) is 2.39. The van der Waals surface area contributed by atoms with E-state index in [9.17, 15) is 0 Å². The van der Waals surface area contributed by atoms with Gasteiger partial charge in [-0.3, -0.25) is 4.90 Å². The van der Waals surface area contributed by atoms with Crippen LogP contribution in [0.4, 0.5) is 0 Å². The molecule has 1 heterocycles. The van der Waals surface area contributed by atoms with Crippen LogP contribution in [0.15, 0.2) is 0 Å². The lowest BCUT2D eigenvalue weighted by molar-refractivity contribution is 0.153. The lowest BCUT2D eigenvalue weighted by atomic mass is 10.1. The van der Waals surface area contributed by atoms with Crippen molar-refractivity contribution < 1.29 is 0 Å². The summed E-state index contributed by atoms with van der Waals surface area (Å²) in [6.07, 6.45) is 0. The Morgan fingerprint density at radius 2 is 1.64 bits per heavy atom. The highest BCUT2D eigenvalue weighted by Gasteiger charge is 2.55. The van der Waals surface area contributed by atoms with Crippen LogP contribution in [0.2, 0.25) is 0 Å². The first-order valence-electron chi connectivity index (χ1n) is 4.51. The second kappa shape index (κ2) is 1.99. The second-order valence-electron chi connectivity index (χ2n) is 4.98. The lowest BCUT2D eigenvalue weighted by Crippen LogP contribution is -2.42.